The molecule has 1 atom stereocenters. The van der Waals surface area contributed by atoms with Gasteiger partial charge in [0.2, 0.25) is 0 Å². The van der Waals surface area contributed by atoms with Crippen LogP contribution in [0.2, 0.25) is 0 Å². The number of nitro groups is 1. The van der Waals surface area contributed by atoms with Crippen molar-refractivity contribution in [2.45, 2.75) is 18.9 Å². The van der Waals surface area contributed by atoms with Gasteiger partial charge in [-0.2, -0.15) is 0 Å². The molecule has 1 fully saturated rings. The zero-order chi connectivity index (χ0) is 14.8. The Kier molecular flexibility index (Phi) is 4.36. The third kappa shape index (κ3) is 2.97. The van der Waals surface area contributed by atoms with Gasteiger partial charge in [0.15, 0.2) is 0 Å². The monoisotopic (exact) mass is 299 g/mol. The van der Waals surface area contributed by atoms with E-state index in [0.717, 1.165) is 29.3 Å². The lowest BCUT2D eigenvalue weighted by Crippen LogP contribution is -2.59. The van der Waals surface area contributed by atoms with Crippen LogP contribution in [0.4, 0.5) is 5.00 Å². The highest BCUT2D eigenvalue weighted by Crippen LogP contribution is 2.30. The number of nitrogens with one attached hydrogen (secondary N) is 1. The van der Waals surface area contributed by atoms with Gasteiger partial charge in [0.05, 0.1) is 4.92 Å². The van der Waals surface area contributed by atoms with E-state index >= 15 is 0 Å². The highest BCUT2D eigenvalue weighted by molar-refractivity contribution is 7.15. The van der Waals surface area contributed by atoms with Crippen LogP contribution in [0.1, 0.15) is 11.8 Å². The molecule has 20 heavy (non-hydrogen) atoms. The Hall–Kier alpha value is -1.51. The van der Waals surface area contributed by atoms with Crippen molar-refractivity contribution < 1.29 is 14.8 Å². The molecule has 1 aliphatic heterocycles. The molecule has 0 amide bonds. The molecule has 7 nitrogen and oxygen atoms in total. The summed E-state index contributed by atoms with van der Waals surface area (Å²) in [6.45, 7) is 4.53. The number of hydrogen-bond acceptors (Lipinski definition) is 6. The second kappa shape index (κ2) is 5.86. The van der Waals surface area contributed by atoms with Crippen LogP contribution in [0, 0.1) is 10.1 Å². The van der Waals surface area contributed by atoms with Crippen molar-refractivity contribution >= 4 is 22.3 Å². The highest BCUT2D eigenvalue weighted by atomic mass is 32.1. The van der Waals surface area contributed by atoms with Crippen molar-refractivity contribution in [1.29, 1.82) is 0 Å². The van der Waals surface area contributed by atoms with Crippen LogP contribution < -0.4 is 5.32 Å². The van der Waals surface area contributed by atoms with Gasteiger partial charge >= 0.3 is 11.0 Å². The summed E-state index contributed by atoms with van der Waals surface area (Å²) in [5, 5.41) is 23.5. The van der Waals surface area contributed by atoms with E-state index in [1.807, 2.05) is 4.90 Å². The number of nitrogens with zero attached hydrogens (tertiary/aromatic N) is 2. The van der Waals surface area contributed by atoms with Crippen molar-refractivity contribution in [3.63, 3.8) is 0 Å². The predicted octanol–water partition coefficient (Wildman–Crippen LogP) is 0.947. The lowest BCUT2D eigenvalue weighted by Gasteiger charge is -2.40. The Balaban J connectivity index is 2.19. The molecule has 1 aromatic heterocycles. The number of piperazine rings is 1. The van der Waals surface area contributed by atoms with Crippen molar-refractivity contribution in [2.75, 3.05) is 26.2 Å². The second-order valence-corrected chi connectivity index (χ2v) is 6.14. The normalized spacial score (nSPS) is 19.4. The fourth-order valence-electron chi connectivity index (χ4n) is 2.38. The molecular formula is C12H17N3O4S. The van der Waals surface area contributed by atoms with E-state index in [1.54, 1.807) is 13.0 Å². The van der Waals surface area contributed by atoms with E-state index in [9.17, 15) is 20.0 Å². The molecule has 2 N–H and O–H groups in total. The van der Waals surface area contributed by atoms with Crippen LogP contribution in [0.25, 0.3) is 0 Å². The first-order valence-electron chi connectivity index (χ1n) is 6.36. The molecule has 0 radical (unpaired) electrons. The maximum Gasteiger partial charge on any atom is 0.324 e. The highest BCUT2D eigenvalue weighted by Gasteiger charge is 2.40. The van der Waals surface area contributed by atoms with E-state index < -0.39 is 16.4 Å². The van der Waals surface area contributed by atoms with Crippen LogP contribution in [0.5, 0.6) is 0 Å². The molecule has 1 unspecified atom stereocenters. The summed E-state index contributed by atoms with van der Waals surface area (Å²) in [7, 11) is 0. The summed E-state index contributed by atoms with van der Waals surface area (Å²) in [6.07, 6.45) is 0.279. The first kappa shape index (κ1) is 14.9. The zero-order valence-corrected chi connectivity index (χ0v) is 12.0. The average molecular weight is 299 g/mol. The summed E-state index contributed by atoms with van der Waals surface area (Å²) in [6, 6.07) is 3.08. The molecule has 0 aromatic carbocycles. The summed E-state index contributed by atoms with van der Waals surface area (Å²) < 4.78 is 0. The molecule has 0 aliphatic carbocycles. The second-order valence-electron chi connectivity index (χ2n) is 4.99. The third-order valence-corrected chi connectivity index (χ3v) is 4.66. The average Bonchev–Trinajstić information content (AvgIpc) is 2.88. The van der Waals surface area contributed by atoms with Gasteiger partial charge in [-0.25, -0.2) is 0 Å². The molecule has 2 heterocycles. The van der Waals surface area contributed by atoms with Crippen LogP contribution in [-0.2, 0) is 11.2 Å². The third-order valence-electron chi connectivity index (χ3n) is 3.62. The minimum absolute atomic E-state index is 0.0491. The topological polar surface area (TPSA) is 95.7 Å². The van der Waals surface area contributed by atoms with Gasteiger partial charge in [-0.15, -0.1) is 0 Å². The Morgan fingerprint density at radius 1 is 1.55 bits per heavy atom. The number of carboxylic acid groups (broad SMARTS) is 1. The first-order valence-corrected chi connectivity index (χ1v) is 7.17. The van der Waals surface area contributed by atoms with Crippen molar-refractivity contribution in [3.05, 3.63) is 27.1 Å². The van der Waals surface area contributed by atoms with Crippen LogP contribution in [-0.4, -0.2) is 52.6 Å². The van der Waals surface area contributed by atoms with Crippen LogP contribution >= 0.6 is 11.3 Å². The SMILES string of the molecule is CC(Cc1ccc([N+](=O)[O-])s1)(C(=O)O)N1CCNCC1. The van der Waals surface area contributed by atoms with Gasteiger partial charge in [-0.3, -0.25) is 19.8 Å². The fourth-order valence-corrected chi connectivity index (χ4v) is 3.35. The van der Waals surface area contributed by atoms with Gasteiger partial charge in [0.1, 0.15) is 5.54 Å². The molecule has 0 bridgehead atoms. The van der Waals surface area contributed by atoms with Crippen molar-refractivity contribution in [3.8, 4) is 0 Å². The smallest absolute Gasteiger partial charge is 0.324 e. The minimum atomic E-state index is -1.03. The Morgan fingerprint density at radius 2 is 2.20 bits per heavy atom. The standard InChI is InChI=1S/C12H17N3O4S/c1-12(11(16)17,14-6-4-13-5-7-14)8-9-2-3-10(20-9)15(18)19/h2-3,13H,4-8H2,1H3,(H,16,17). The first-order chi connectivity index (χ1) is 9.43. The molecule has 1 saturated heterocycles. The molecular weight excluding hydrogens is 282 g/mol. The quantitative estimate of drug-likeness (QED) is 0.621. The molecule has 1 aromatic rings. The van der Waals surface area contributed by atoms with Crippen LogP contribution in [0.3, 0.4) is 0 Å². The van der Waals surface area contributed by atoms with E-state index in [1.165, 1.54) is 6.07 Å². The lowest BCUT2D eigenvalue weighted by atomic mass is 9.93. The summed E-state index contributed by atoms with van der Waals surface area (Å²) in [5.74, 6) is -0.893. The van der Waals surface area contributed by atoms with Gasteiger partial charge in [0.25, 0.3) is 0 Å². The molecule has 8 heteroatoms. The zero-order valence-electron chi connectivity index (χ0n) is 11.2. The number of aliphatic carboxylic acids is 1. The van der Waals surface area contributed by atoms with Crippen molar-refractivity contribution in [2.24, 2.45) is 0 Å². The van der Waals surface area contributed by atoms with Crippen LogP contribution in [0.15, 0.2) is 12.1 Å². The predicted molar refractivity (Wildman–Crippen MR) is 75.2 cm³/mol. The number of rotatable bonds is 5. The van der Waals surface area contributed by atoms with E-state index in [-0.39, 0.29) is 11.4 Å². The molecule has 110 valence electrons. The van der Waals surface area contributed by atoms with E-state index in [0.29, 0.717) is 13.1 Å². The summed E-state index contributed by atoms with van der Waals surface area (Å²) in [4.78, 5) is 24.6. The Bertz CT molecular complexity index is 513. The summed E-state index contributed by atoms with van der Waals surface area (Å²) in [5.41, 5.74) is -1.03. The fraction of sp³-hybridized carbons (Fsp3) is 0.583. The lowest BCUT2D eigenvalue weighted by molar-refractivity contribution is -0.380. The van der Waals surface area contributed by atoms with Gasteiger partial charge < -0.3 is 10.4 Å². The van der Waals surface area contributed by atoms with Crippen molar-refractivity contribution in [1.82, 2.24) is 10.2 Å². The minimum Gasteiger partial charge on any atom is -0.480 e. The van der Waals surface area contributed by atoms with Gasteiger partial charge in [-0.05, 0) is 13.0 Å². The van der Waals surface area contributed by atoms with Gasteiger partial charge in [-0.1, -0.05) is 11.3 Å². The Labute approximate surface area is 120 Å². The molecule has 0 saturated carbocycles. The maximum absolute atomic E-state index is 11.7. The Morgan fingerprint density at radius 3 is 2.70 bits per heavy atom. The summed E-state index contributed by atoms with van der Waals surface area (Å²) >= 11 is 1.04. The number of thiophene rings is 1. The largest absolute Gasteiger partial charge is 0.480 e. The number of hydrogen-bond donors (Lipinski definition) is 2. The van der Waals surface area contributed by atoms with Gasteiger partial charge in [0, 0.05) is 43.5 Å². The number of carbonyl (C=O) groups is 1. The molecule has 0 spiro atoms. The molecule has 2 rings (SSSR count). The maximum atomic E-state index is 11.7. The van der Waals surface area contributed by atoms with E-state index in [4.69, 9.17) is 0 Å². The van der Waals surface area contributed by atoms with E-state index in [2.05, 4.69) is 5.32 Å². The molecule has 1 aliphatic rings. The number of carboxylic acids is 1.